The third-order valence-corrected chi connectivity index (χ3v) is 3.66. The Hall–Kier alpha value is -1.87. The molecular formula is C15H14O2S. The SMILES string of the molecule is CC.O=c1ccc2cc3ccc(O)cc3sc-2c1. The maximum absolute atomic E-state index is 11.2. The summed E-state index contributed by atoms with van der Waals surface area (Å²) in [6, 6.07) is 12.3. The van der Waals surface area contributed by atoms with E-state index in [1.165, 1.54) is 11.3 Å². The van der Waals surface area contributed by atoms with E-state index in [1.807, 2.05) is 32.0 Å². The van der Waals surface area contributed by atoms with Crippen molar-refractivity contribution in [2.24, 2.45) is 0 Å². The third-order valence-electron chi connectivity index (χ3n) is 2.51. The molecule has 0 saturated carbocycles. The molecule has 18 heavy (non-hydrogen) atoms. The quantitative estimate of drug-likeness (QED) is 0.616. The zero-order chi connectivity index (χ0) is 13.1. The van der Waals surface area contributed by atoms with Crippen LogP contribution in [0.2, 0.25) is 0 Å². The lowest BCUT2D eigenvalue weighted by Crippen LogP contribution is -1.96. The standard InChI is InChI=1S/C13H8O2S.C2H6/c14-10-3-1-8-5-9-2-4-11(15)7-13(9)16-12(8)6-10;1-2/h1-7,14H;1-2H3. The summed E-state index contributed by atoms with van der Waals surface area (Å²) in [5, 5.41) is 10.5. The lowest BCUT2D eigenvalue weighted by atomic mass is 10.1. The van der Waals surface area contributed by atoms with Gasteiger partial charge in [0.25, 0.3) is 0 Å². The Labute approximate surface area is 109 Å². The average Bonchev–Trinajstić information content (AvgIpc) is 2.38. The summed E-state index contributed by atoms with van der Waals surface area (Å²) in [7, 11) is 0. The maximum Gasteiger partial charge on any atom is 0.180 e. The lowest BCUT2D eigenvalue weighted by molar-refractivity contribution is 0.476. The second kappa shape index (κ2) is 5.19. The first-order valence-electron chi connectivity index (χ1n) is 5.89. The van der Waals surface area contributed by atoms with E-state index in [4.69, 9.17) is 0 Å². The number of benzene rings is 2. The summed E-state index contributed by atoms with van der Waals surface area (Å²) in [6.45, 7) is 4.00. The smallest absolute Gasteiger partial charge is 0.180 e. The highest BCUT2D eigenvalue weighted by atomic mass is 32.1. The van der Waals surface area contributed by atoms with Crippen molar-refractivity contribution < 1.29 is 5.11 Å². The van der Waals surface area contributed by atoms with Gasteiger partial charge in [-0.25, -0.2) is 0 Å². The Bertz CT molecular complexity index is 700. The van der Waals surface area contributed by atoms with Gasteiger partial charge < -0.3 is 5.11 Å². The highest BCUT2D eigenvalue weighted by Gasteiger charge is 2.05. The first-order valence-corrected chi connectivity index (χ1v) is 6.71. The molecule has 1 aliphatic heterocycles. The summed E-state index contributed by atoms with van der Waals surface area (Å²) in [5.41, 5.74) is 1.08. The van der Waals surface area contributed by atoms with Crippen molar-refractivity contribution in [1.82, 2.24) is 0 Å². The van der Waals surface area contributed by atoms with Crippen LogP contribution in [0, 0.1) is 0 Å². The summed E-state index contributed by atoms with van der Waals surface area (Å²) in [6.07, 6.45) is 0. The van der Waals surface area contributed by atoms with Gasteiger partial charge >= 0.3 is 0 Å². The number of aromatic hydroxyl groups is 1. The lowest BCUT2D eigenvalue weighted by Gasteiger charge is -2.06. The molecule has 2 nitrogen and oxygen atoms in total. The third kappa shape index (κ3) is 2.36. The van der Waals surface area contributed by atoms with Crippen molar-refractivity contribution in [3.05, 3.63) is 52.7 Å². The largest absolute Gasteiger partial charge is 0.508 e. The van der Waals surface area contributed by atoms with E-state index in [9.17, 15) is 9.90 Å². The van der Waals surface area contributed by atoms with Gasteiger partial charge in [0.15, 0.2) is 5.43 Å². The number of fused-ring (bicyclic) bond motifs is 2. The van der Waals surface area contributed by atoms with Gasteiger partial charge in [0.05, 0.1) is 0 Å². The molecule has 3 rings (SSSR count). The molecule has 0 radical (unpaired) electrons. The number of phenols is 1. The van der Waals surface area contributed by atoms with E-state index in [-0.39, 0.29) is 11.2 Å². The Kier molecular flexibility index (Phi) is 3.63. The molecular weight excluding hydrogens is 244 g/mol. The van der Waals surface area contributed by atoms with Gasteiger partial charge in [-0.3, -0.25) is 4.79 Å². The van der Waals surface area contributed by atoms with Crippen LogP contribution in [0.5, 0.6) is 5.75 Å². The van der Waals surface area contributed by atoms with Crippen LogP contribution < -0.4 is 5.43 Å². The highest BCUT2D eigenvalue weighted by molar-refractivity contribution is 7.21. The first kappa shape index (κ1) is 12.6. The molecule has 0 aromatic heterocycles. The summed E-state index contributed by atoms with van der Waals surface area (Å²) in [5.74, 6) is 0.251. The van der Waals surface area contributed by atoms with Crippen molar-refractivity contribution >= 4 is 21.4 Å². The van der Waals surface area contributed by atoms with Crippen LogP contribution in [0.3, 0.4) is 0 Å². The minimum Gasteiger partial charge on any atom is -0.508 e. The summed E-state index contributed by atoms with van der Waals surface area (Å²) >= 11 is 1.52. The number of phenolic OH excluding ortho intramolecular Hbond substituents is 1. The van der Waals surface area contributed by atoms with Crippen LogP contribution in [0.25, 0.3) is 20.5 Å². The molecule has 0 saturated heterocycles. The van der Waals surface area contributed by atoms with Crippen LogP contribution in [-0.2, 0) is 0 Å². The van der Waals surface area contributed by atoms with Crippen molar-refractivity contribution in [2.75, 3.05) is 0 Å². The molecule has 1 N–H and O–H groups in total. The number of hydrogen-bond donors (Lipinski definition) is 1. The Morgan fingerprint density at radius 1 is 1.00 bits per heavy atom. The number of hydrogen-bond acceptors (Lipinski definition) is 3. The van der Waals surface area contributed by atoms with E-state index >= 15 is 0 Å². The normalized spacial score (nSPS) is 10.1. The van der Waals surface area contributed by atoms with E-state index in [0.717, 1.165) is 20.5 Å². The van der Waals surface area contributed by atoms with Crippen molar-refractivity contribution in [2.45, 2.75) is 13.8 Å². The highest BCUT2D eigenvalue weighted by Crippen LogP contribution is 2.33. The molecule has 0 fully saturated rings. The monoisotopic (exact) mass is 258 g/mol. The minimum absolute atomic E-state index is 0.0169. The predicted molar refractivity (Wildman–Crippen MR) is 77.7 cm³/mol. The molecule has 0 atom stereocenters. The second-order valence-electron chi connectivity index (χ2n) is 3.67. The minimum atomic E-state index is 0.0169. The average molecular weight is 258 g/mol. The predicted octanol–water partition coefficient (Wildman–Crippen LogP) is 4.10. The van der Waals surface area contributed by atoms with Crippen LogP contribution in [0.4, 0.5) is 0 Å². The Morgan fingerprint density at radius 3 is 2.56 bits per heavy atom. The van der Waals surface area contributed by atoms with E-state index in [1.54, 1.807) is 24.3 Å². The molecule has 0 bridgehead atoms. The van der Waals surface area contributed by atoms with Crippen LogP contribution in [0.15, 0.2) is 47.3 Å². The summed E-state index contributed by atoms with van der Waals surface area (Å²) in [4.78, 5) is 12.2. The van der Waals surface area contributed by atoms with Gasteiger partial charge in [-0.2, -0.15) is 0 Å². The topological polar surface area (TPSA) is 37.3 Å². The Morgan fingerprint density at radius 2 is 1.78 bits per heavy atom. The molecule has 0 amide bonds. The van der Waals surface area contributed by atoms with Gasteiger partial charge in [0.2, 0.25) is 0 Å². The van der Waals surface area contributed by atoms with Crippen molar-refractivity contribution in [3.8, 4) is 16.2 Å². The van der Waals surface area contributed by atoms with Crippen LogP contribution in [0.1, 0.15) is 13.8 Å². The molecule has 0 spiro atoms. The molecule has 1 heterocycles. The zero-order valence-electron chi connectivity index (χ0n) is 10.3. The molecule has 92 valence electrons. The van der Waals surface area contributed by atoms with Gasteiger partial charge in [0.1, 0.15) is 5.75 Å². The van der Waals surface area contributed by atoms with Gasteiger partial charge in [-0.05, 0) is 47.3 Å². The van der Waals surface area contributed by atoms with Crippen molar-refractivity contribution in [1.29, 1.82) is 0 Å². The maximum atomic E-state index is 11.2. The van der Waals surface area contributed by atoms with E-state index in [2.05, 4.69) is 0 Å². The fraction of sp³-hybridized carbons (Fsp3) is 0.133. The van der Waals surface area contributed by atoms with Gasteiger partial charge in [-0.1, -0.05) is 13.8 Å². The fourth-order valence-corrected chi connectivity index (χ4v) is 2.82. The molecule has 2 aliphatic rings. The van der Waals surface area contributed by atoms with Crippen LogP contribution in [-0.4, -0.2) is 5.11 Å². The fourth-order valence-electron chi connectivity index (χ4n) is 1.74. The van der Waals surface area contributed by atoms with Crippen molar-refractivity contribution in [3.63, 3.8) is 0 Å². The van der Waals surface area contributed by atoms with Gasteiger partial charge in [0, 0.05) is 15.6 Å². The van der Waals surface area contributed by atoms with E-state index < -0.39 is 0 Å². The molecule has 1 aromatic rings. The molecule has 1 aliphatic carbocycles. The zero-order valence-corrected chi connectivity index (χ0v) is 11.1. The summed E-state index contributed by atoms with van der Waals surface area (Å²) < 4.78 is 0.984. The first-order chi connectivity index (χ1) is 8.72. The van der Waals surface area contributed by atoms with E-state index in [0.29, 0.717) is 0 Å². The van der Waals surface area contributed by atoms with Crippen LogP contribution >= 0.6 is 11.3 Å². The molecule has 0 unspecified atom stereocenters. The Balaban J connectivity index is 0.000000574. The van der Waals surface area contributed by atoms with Gasteiger partial charge in [-0.15, -0.1) is 11.3 Å². The molecule has 1 aromatic carbocycles. The second-order valence-corrected chi connectivity index (χ2v) is 4.75. The molecule has 3 heteroatoms. The number of rotatable bonds is 0.